The van der Waals surface area contributed by atoms with E-state index in [0.717, 1.165) is 11.0 Å². The Hall–Kier alpha value is -2.14. The number of hydrogen-bond donors (Lipinski definition) is 0. The Morgan fingerprint density at radius 1 is 1.16 bits per heavy atom. The third-order valence-corrected chi connectivity index (χ3v) is 3.34. The number of carboxylic acids is 1. The molecule has 6 heteroatoms. The Kier molecular flexibility index (Phi) is 3.16. The number of aromatic carboxylic acids is 1. The highest BCUT2D eigenvalue weighted by molar-refractivity contribution is 6.39. The molecule has 19 heavy (non-hydrogen) atoms. The van der Waals surface area contributed by atoms with E-state index >= 15 is 0 Å². The number of hydrogen-bond acceptors (Lipinski definition) is 4. The third kappa shape index (κ3) is 2.02. The number of carboxylic acid groups (broad SMARTS) is 1. The van der Waals surface area contributed by atoms with Crippen molar-refractivity contribution in [3.8, 4) is 0 Å². The van der Waals surface area contributed by atoms with E-state index in [9.17, 15) is 19.5 Å². The molecule has 0 N–H and O–H groups in total. The molecule has 1 aliphatic rings. The van der Waals surface area contributed by atoms with Gasteiger partial charge in [-0.3, -0.25) is 9.59 Å². The second-order valence-corrected chi connectivity index (χ2v) is 4.56. The van der Waals surface area contributed by atoms with Gasteiger partial charge >= 0.3 is 0 Å². The molecule has 0 saturated carbocycles. The fraction of sp³-hybridized carbons (Fsp3) is 0.154. The second kappa shape index (κ2) is 4.51. The van der Waals surface area contributed by atoms with Crippen LogP contribution in [-0.2, 0) is 9.59 Å². The summed E-state index contributed by atoms with van der Waals surface area (Å²) in [4.78, 5) is 35.5. The minimum atomic E-state index is -1.38. The van der Waals surface area contributed by atoms with Gasteiger partial charge in [-0.25, -0.2) is 4.90 Å². The van der Waals surface area contributed by atoms with E-state index in [0.29, 0.717) is 11.1 Å². The zero-order valence-corrected chi connectivity index (χ0v) is 10.9. The van der Waals surface area contributed by atoms with Crippen LogP contribution in [0.4, 0.5) is 5.69 Å². The topological polar surface area (TPSA) is 77.5 Å². The molecule has 1 aromatic rings. The monoisotopic (exact) mass is 278 g/mol. The number of benzene rings is 1. The van der Waals surface area contributed by atoms with Gasteiger partial charge in [-0.1, -0.05) is 17.7 Å². The van der Waals surface area contributed by atoms with Crippen molar-refractivity contribution in [2.45, 2.75) is 13.8 Å². The Bertz CT molecular complexity index is 624. The fourth-order valence-corrected chi connectivity index (χ4v) is 2.05. The van der Waals surface area contributed by atoms with E-state index in [1.807, 2.05) is 0 Å². The normalized spacial score (nSPS) is 15.4. The van der Waals surface area contributed by atoms with Gasteiger partial charge in [0.05, 0.1) is 16.7 Å². The number of imide groups is 1. The molecule has 0 radical (unpaired) electrons. The smallest absolute Gasteiger partial charge is 0.261 e. The summed E-state index contributed by atoms with van der Waals surface area (Å²) in [5.41, 5.74) is 0.752. The minimum absolute atomic E-state index is 0.00546. The Balaban J connectivity index is 2.48. The van der Waals surface area contributed by atoms with Crippen LogP contribution >= 0.6 is 11.6 Å². The summed E-state index contributed by atoms with van der Waals surface area (Å²) in [5.74, 6) is -2.28. The predicted molar refractivity (Wildman–Crippen MR) is 66.6 cm³/mol. The molecular weight excluding hydrogens is 270 g/mol. The van der Waals surface area contributed by atoms with Crippen LogP contribution in [0, 0.1) is 0 Å². The average Bonchev–Trinajstić information content (AvgIpc) is 2.55. The van der Waals surface area contributed by atoms with Crippen LogP contribution in [0.15, 0.2) is 29.3 Å². The molecule has 0 atom stereocenters. The van der Waals surface area contributed by atoms with E-state index in [1.165, 1.54) is 12.1 Å². The highest BCUT2D eigenvalue weighted by Gasteiger charge is 2.35. The largest absolute Gasteiger partial charge is 0.545 e. The molecule has 0 aromatic heterocycles. The Morgan fingerprint density at radius 3 is 2.11 bits per heavy atom. The van der Waals surface area contributed by atoms with Gasteiger partial charge in [0.15, 0.2) is 0 Å². The van der Waals surface area contributed by atoms with Crippen molar-refractivity contribution < 1.29 is 19.5 Å². The molecule has 0 spiro atoms. The molecule has 2 amide bonds. The molecule has 1 aliphatic heterocycles. The van der Waals surface area contributed by atoms with Crippen LogP contribution in [0.2, 0.25) is 5.02 Å². The van der Waals surface area contributed by atoms with Crippen molar-refractivity contribution in [3.63, 3.8) is 0 Å². The SMILES string of the molecule is CC1=C(C)C(=O)N(c2ccc(C(=O)[O-])cc2Cl)C1=O. The molecule has 2 rings (SSSR count). The van der Waals surface area contributed by atoms with Crippen molar-refractivity contribution in [2.24, 2.45) is 0 Å². The number of rotatable bonds is 2. The van der Waals surface area contributed by atoms with E-state index in [-0.39, 0.29) is 16.3 Å². The number of halogens is 1. The highest BCUT2D eigenvalue weighted by Crippen LogP contribution is 2.32. The standard InChI is InChI=1S/C13H10ClNO4/c1-6-7(2)12(17)15(11(6)16)10-4-3-8(13(18)19)5-9(10)14/h3-5H,1-2H3,(H,18,19)/p-1. The molecule has 5 nitrogen and oxygen atoms in total. The first-order valence-corrected chi connectivity index (χ1v) is 5.79. The molecule has 1 aromatic carbocycles. The quantitative estimate of drug-likeness (QED) is 0.754. The van der Waals surface area contributed by atoms with E-state index < -0.39 is 17.8 Å². The first-order valence-electron chi connectivity index (χ1n) is 5.41. The van der Waals surface area contributed by atoms with Crippen LogP contribution in [-0.4, -0.2) is 17.8 Å². The van der Waals surface area contributed by atoms with Gasteiger partial charge in [-0.2, -0.15) is 0 Å². The summed E-state index contributed by atoms with van der Waals surface area (Å²) < 4.78 is 0. The summed E-state index contributed by atoms with van der Waals surface area (Å²) in [6, 6.07) is 3.70. The number of amides is 2. The van der Waals surface area contributed by atoms with Crippen molar-refractivity contribution in [2.75, 3.05) is 4.90 Å². The van der Waals surface area contributed by atoms with Crippen LogP contribution in [0.1, 0.15) is 24.2 Å². The summed E-state index contributed by atoms with van der Waals surface area (Å²) in [6.45, 7) is 3.11. The van der Waals surface area contributed by atoms with Gasteiger partial charge in [0.1, 0.15) is 0 Å². The predicted octanol–water partition coefficient (Wildman–Crippen LogP) is 0.913. The van der Waals surface area contributed by atoms with Crippen LogP contribution < -0.4 is 10.0 Å². The van der Waals surface area contributed by atoms with Gasteiger partial charge in [-0.05, 0) is 31.5 Å². The highest BCUT2D eigenvalue weighted by atomic mass is 35.5. The third-order valence-electron chi connectivity index (χ3n) is 3.03. The lowest BCUT2D eigenvalue weighted by Crippen LogP contribution is -2.31. The van der Waals surface area contributed by atoms with Gasteiger partial charge < -0.3 is 9.90 Å². The lowest BCUT2D eigenvalue weighted by Gasteiger charge is -2.17. The van der Waals surface area contributed by atoms with Crippen LogP contribution in [0.25, 0.3) is 0 Å². The van der Waals surface area contributed by atoms with Gasteiger partial charge in [0, 0.05) is 11.1 Å². The van der Waals surface area contributed by atoms with E-state index in [2.05, 4.69) is 0 Å². The maximum atomic E-state index is 12.0. The molecule has 1 heterocycles. The van der Waals surface area contributed by atoms with Crippen molar-refractivity contribution in [1.82, 2.24) is 0 Å². The van der Waals surface area contributed by atoms with Crippen LogP contribution in [0.5, 0.6) is 0 Å². The maximum absolute atomic E-state index is 12.0. The molecule has 0 fully saturated rings. The summed E-state index contributed by atoms with van der Waals surface area (Å²) >= 11 is 5.92. The zero-order chi connectivity index (χ0) is 14.3. The number of carbonyl (C=O) groups is 3. The zero-order valence-electron chi connectivity index (χ0n) is 10.2. The lowest BCUT2D eigenvalue weighted by molar-refractivity contribution is -0.255. The molecule has 0 aliphatic carbocycles. The summed E-state index contributed by atoms with van der Waals surface area (Å²) in [5, 5.41) is 10.7. The van der Waals surface area contributed by atoms with Crippen molar-refractivity contribution in [3.05, 3.63) is 39.9 Å². The summed E-state index contributed by atoms with van der Waals surface area (Å²) in [7, 11) is 0. The van der Waals surface area contributed by atoms with E-state index in [1.54, 1.807) is 13.8 Å². The van der Waals surface area contributed by atoms with Gasteiger partial charge in [0.2, 0.25) is 0 Å². The van der Waals surface area contributed by atoms with Crippen molar-refractivity contribution >= 4 is 35.1 Å². The fourth-order valence-electron chi connectivity index (χ4n) is 1.78. The number of carbonyl (C=O) groups excluding carboxylic acids is 3. The van der Waals surface area contributed by atoms with Gasteiger partial charge in [0.25, 0.3) is 11.8 Å². The Labute approximate surface area is 114 Å². The Morgan fingerprint density at radius 2 is 1.68 bits per heavy atom. The maximum Gasteiger partial charge on any atom is 0.261 e. The molecule has 0 saturated heterocycles. The van der Waals surface area contributed by atoms with Gasteiger partial charge in [-0.15, -0.1) is 0 Å². The summed E-state index contributed by atoms with van der Waals surface area (Å²) in [6.07, 6.45) is 0. The molecule has 98 valence electrons. The first kappa shape index (κ1) is 13.3. The minimum Gasteiger partial charge on any atom is -0.545 e. The first-order chi connectivity index (χ1) is 8.84. The lowest BCUT2D eigenvalue weighted by atomic mass is 10.2. The van der Waals surface area contributed by atoms with E-state index in [4.69, 9.17) is 11.6 Å². The number of anilines is 1. The second-order valence-electron chi connectivity index (χ2n) is 4.15. The molecule has 0 unspecified atom stereocenters. The molecular formula is C13H9ClNO4-. The average molecular weight is 279 g/mol. The van der Waals surface area contributed by atoms with Crippen molar-refractivity contribution in [1.29, 1.82) is 0 Å². The molecule has 0 bridgehead atoms. The van der Waals surface area contributed by atoms with Crippen LogP contribution in [0.3, 0.4) is 0 Å². The number of nitrogens with zero attached hydrogens (tertiary/aromatic N) is 1.